The van der Waals surface area contributed by atoms with Gasteiger partial charge in [0.15, 0.2) is 5.90 Å². The third kappa shape index (κ3) is 2.12. The van der Waals surface area contributed by atoms with Gasteiger partial charge in [0.25, 0.3) is 0 Å². The lowest BCUT2D eigenvalue weighted by Gasteiger charge is -2.20. The van der Waals surface area contributed by atoms with Gasteiger partial charge in [-0.1, -0.05) is 36.4 Å². The molecular weight excluding hydrogens is 265 g/mol. The fourth-order valence-electron chi connectivity index (χ4n) is 0.988. The number of ether oxygens (including phenoxy) is 1. The molecule has 12 heavy (non-hydrogen) atoms. The standard InChI is InChI=1S/C9H16INO/c1-8(2,5-10)7-11-9(3,4)6-12-7/h5-6H2,1-4H3. The van der Waals surface area contributed by atoms with Crippen LogP contribution in [0, 0.1) is 5.41 Å². The van der Waals surface area contributed by atoms with Crippen LogP contribution in [0.4, 0.5) is 0 Å². The molecule has 0 saturated carbocycles. The maximum absolute atomic E-state index is 5.57. The van der Waals surface area contributed by atoms with Gasteiger partial charge in [0.2, 0.25) is 0 Å². The Balaban J connectivity index is 2.79. The van der Waals surface area contributed by atoms with Crippen LogP contribution in [0.3, 0.4) is 0 Å². The number of hydrogen-bond acceptors (Lipinski definition) is 2. The van der Waals surface area contributed by atoms with E-state index in [1.165, 1.54) is 0 Å². The van der Waals surface area contributed by atoms with E-state index in [1.807, 2.05) is 0 Å². The summed E-state index contributed by atoms with van der Waals surface area (Å²) < 4.78 is 6.61. The van der Waals surface area contributed by atoms with Crippen molar-refractivity contribution in [2.24, 2.45) is 10.4 Å². The molecule has 0 aromatic heterocycles. The van der Waals surface area contributed by atoms with Gasteiger partial charge >= 0.3 is 0 Å². The predicted octanol–water partition coefficient (Wildman–Crippen LogP) is 2.65. The highest BCUT2D eigenvalue weighted by molar-refractivity contribution is 14.1. The zero-order valence-corrected chi connectivity index (χ0v) is 10.3. The number of rotatable bonds is 2. The molecule has 0 aromatic rings. The van der Waals surface area contributed by atoms with Crippen LogP contribution in [0.15, 0.2) is 4.99 Å². The van der Waals surface area contributed by atoms with Gasteiger partial charge in [0.05, 0.1) is 5.54 Å². The first kappa shape index (κ1) is 10.3. The summed E-state index contributed by atoms with van der Waals surface area (Å²) in [7, 11) is 0. The molecule has 0 radical (unpaired) electrons. The van der Waals surface area contributed by atoms with Crippen LogP contribution in [0.2, 0.25) is 0 Å². The molecule has 0 bridgehead atoms. The van der Waals surface area contributed by atoms with Crippen LogP contribution in [-0.4, -0.2) is 22.5 Å². The van der Waals surface area contributed by atoms with E-state index in [2.05, 4.69) is 55.3 Å². The smallest absolute Gasteiger partial charge is 0.190 e. The van der Waals surface area contributed by atoms with Gasteiger partial charge in [0.1, 0.15) is 6.61 Å². The van der Waals surface area contributed by atoms with Crippen LogP contribution in [-0.2, 0) is 4.74 Å². The molecule has 0 amide bonds. The number of hydrogen-bond donors (Lipinski definition) is 0. The van der Waals surface area contributed by atoms with E-state index in [9.17, 15) is 0 Å². The Morgan fingerprint density at radius 3 is 2.50 bits per heavy atom. The second-order valence-corrected chi connectivity index (χ2v) is 5.30. The quantitative estimate of drug-likeness (QED) is 0.563. The summed E-state index contributed by atoms with van der Waals surface area (Å²) in [6, 6.07) is 0. The summed E-state index contributed by atoms with van der Waals surface area (Å²) in [5, 5.41) is 0. The summed E-state index contributed by atoms with van der Waals surface area (Å²) in [5.74, 6) is 0.918. The van der Waals surface area contributed by atoms with E-state index < -0.39 is 0 Å². The van der Waals surface area contributed by atoms with Gasteiger partial charge in [-0.25, -0.2) is 4.99 Å². The molecule has 0 aromatic carbocycles. The van der Waals surface area contributed by atoms with Crippen molar-refractivity contribution in [3.8, 4) is 0 Å². The number of aliphatic imine (C=N–C) groups is 1. The highest BCUT2D eigenvalue weighted by atomic mass is 127. The van der Waals surface area contributed by atoms with Crippen LogP contribution < -0.4 is 0 Å². The van der Waals surface area contributed by atoms with Gasteiger partial charge in [-0.05, 0) is 13.8 Å². The minimum atomic E-state index is -0.0155. The molecule has 1 heterocycles. The maximum Gasteiger partial charge on any atom is 0.190 e. The summed E-state index contributed by atoms with van der Waals surface area (Å²) >= 11 is 2.37. The Kier molecular flexibility index (Phi) is 2.71. The van der Waals surface area contributed by atoms with E-state index in [0.29, 0.717) is 0 Å². The van der Waals surface area contributed by atoms with Gasteiger partial charge < -0.3 is 4.74 Å². The first-order chi connectivity index (χ1) is 5.37. The van der Waals surface area contributed by atoms with Gasteiger partial charge in [-0.3, -0.25) is 0 Å². The number of alkyl halides is 1. The van der Waals surface area contributed by atoms with E-state index in [0.717, 1.165) is 16.9 Å². The topological polar surface area (TPSA) is 21.6 Å². The minimum absolute atomic E-state index is 0.0155. The summed E-state index contributed by atoms with van der Waals surface area (Å²) in [6.45, 7) is 9.26. The second kappa shape index (κ2) is 3.16. The zero-order chi connectivity index (χ0) is 9.41. The average molecular weight is 281 g/mol. The predicted molar refractivity (Wildman–Crippen MR) is 60.1 cm³/mol. The van der Waals surface area contributed by atoms with Crippen molar-refractivity contribution >= 4 is 28.5 Å². The van der Waals surface area contributed by atoms with Crippen LogP contribution in [0.5, 0.6) is 0 Å². The van der Waals surface area contributed by atoms with E-state index in [-0.39, 0.29) is 11.0 Å². The molecule has 0 aliphatic carbocycles. The van der Waals surface area contributed by atoms with Gasteiger partial charge in [0, 0.05) is 9.84 Å². The van der Waals surface area contributed by atoms with E-state index in [1.54, 1.807) is 0 Å². The lowest BCUT2D eigenvalue weighted by molar-refractivity contribution is 0.256. The molecule has 0 atom stereocenters. The Morgan fingerprint density at radius 1 is 1.58 bits per heavy atom. The largest absolute Gasteiger partial charge is 0.478 e. The zero-order valence-electron chi connectivity index (χ0n) is 8.15. The molecule has 0 unspecified atom stereocenters. The molecule has 0 N–H and O–H groups in total. The van der Waals surface area contributed by atoms with E-state index >= 15 is 0 Å². The Bertz CT molecular complexity index is 209. The molecule has 1 aliphatic heterocycles. The SMILES string of the molecule is CC1(C)COC(C(C)(C)CI)=N1. The van der Waals surface area contributed by atoms with Crippen molar-refractivity contribution < 1.29 is 4.74 Å². The fraction of sp³-hybridized carbons (Fsp3) is 0.889. The molecular formula is C9H16INO. The molecule has 0 saturated heterocycles. The maximum atomic E-state index is 5.57. The molecule has 70 valence electrons. The van der Waals surface area contributed by atoms with Gasteiger partial charge in [-0.2, -0.15) is 0 Å². The molecule has 0 fully saturated rings. The van der Waals surface area contributed by atoms with Crippen LogP contribution in [0.1, 0.15) is 27.7 Å². The van der Waals surface area contributed by atoms with Crippen molar-refractivity contribution in [3.05, 3.63) is 0 Å². The molecule has 3 heteroatoms. The van der Waals surface area contributed by atoms with Crippen molar-refractivity contribution in [1.82, 2.24) is 0 Å². The van der Waals surface area contributed by atoms with Crippen molar-refractivity contribution in [1.29, 1.82) is 0 Å². The molecule has 0 spiro atoms. The summed E-state index contributed by atoms with van der Waals surface area (Å²) in [4.78, 5) is 4.55. The number of nitrogens with zero attached hydrogens (tertiary/aromatic N) is 1. The van der Waals surface area contributed by atoms with Crippen LogP contribution in [0.25, 0.3) is 0 Å². The van der Waals surface area contributed by atoms with Crippen molar-refractivity contribution in [2.75, 3.05) is 11.0 Å². The van der Waals surface area contributed by atoms with Gasteiger partial charge in [-0.15, -0.1) is 0 Å². The third-order valence-corrected chi connectivity index (χ3v) is 3.79. The van der Waals surface area contributed by atoms with Crippen molar-refractivity contribution in [3.63, 3.8) is 0 Å². The van der Waals surface area contributed by atoms with E-state index in [4.69, 9.17) is 4.74 Å². The Hall–Kier alpha value is 0.200. The first-order valence-electron chi connectivity index (χ1n) is 4.16. The average Bonchev–Trinajstić information content (AvgIpc) is 2.31. The Labute approximate surface area is 87.9 Å². The molecule has 2 nitrogen and oxygen atoms in total. The highest BCUT2D eigenvalue weighted by Gasteiger charge is 2.34. The van der Waals surface area contributed by atoms with Crippen LogP contribution >= 0.6 is 22.6 Å². The molecule has 1 aliphatic rings. The fourth-order valence-corrected chi connectivity index (χ4v) is 1.31. The highest BCUT2D eigenvalue weighted by Crippen LogP contribution is 2.29. The third-order valence-electron chi connectivity index (χ3n) is 1.88. The first-order valence-corrected chi connectivity index (χ1v) is 5.69. The second-order valence-electron chi connectivity index (χ2n) is 4.54. The monoisotopic (exact) mass is 281 g/mol. The summed E-state index contributed by atoms with van der Waals surface area (Å²) in [6.07, 6.45) is 0. The minimum Gasteiger partial charge on any atom is -0.478 e. The number of halogens is 1. The normalized spacial score (nSPS) is 21.9. The lowest BCUT2D eigenvalue weighted by atomic mass is 9.96. The van der Waals surface area contributed by atoms with Crippen molar-refractivity contribution in [2.45, 2.75) is 33.2 Å². The Morgan fingerprint density at radius 2 is 2.17 bits per heavy atom. The molecule has 1 rings (SSSR count). The summed E-state index contributed by atoms with van der Waals surface area (Å²) in [5.41, 5.74) is 0.0761. The lowest BCUT2D eigenvalue weighted by Crippen LogP contribution is -2.25.